The van der Waals surface area contributed by atoms with E-state index < -0.39 is 0 Å². The number of nitrogens with zero attached hydrogens (tertiary/aromatic N) is 1. The van der Waals surface area contributed by atoms with Crippen LogP contribution in [0.3, 0.4) is 0 Å². The van der Waals surface area contributed by atoms with Gasteiger partial charge in [0.2, 0.25) is 0 Å². The molecule has 0 unspecified atom stereocenters. The van der Waals surface area contributed by atoms with Gasteiger partial charge in [-0.05, 0) is 37.9 Å². The van der Waals surface area contributed by atoms with Crippen LogP contribution in [-0.2, 0) is 11.3 Å². The summed E-state index contributed by atoms with van der Waals surface area (Å²) in [6, 6.07) is 2.02. The van der Waals surface area contributed by atoms with E-state index in [9.17, 15) is 0 Å². The summed E-state index contributed by atoms with van der Waals surface area (Å²) < 4.78 is 12.5. The van der Waals surface area contributed by atoms with Gasteiger partial charge in [0.15, 0.2) is 12.2 Å². The molecule has 2 rings (SSSR count). The highest BCUT2D eigenvalue weighted by Gasteiger charge is 2.14. The third-order valence-electron chi connectivity index (χ3n) is 2.29. The predicted molar refractivity (Wildman–Crippen MR) is 78.8 cm³/mol. The predicted octanol–water partition coefficient (Wildman–Crippen LogP) is 3.66. The van der Waals surface area contributed by atoms with Crippen molar-refractivity contribution in [3.05, 3.63) is 26.4 Å². The standard InChI is InChI=1S/C11H12Br2N2O2S/c1-16-3-2-14-5-8-10(17-6-15-8)9-4-7(12)11(13)18-9/h4,6,14H,2-3,5H2,1H3. The van der Waals surface area contributed by atoms with Crippen molar-refractivity contribution in [3.63, 3.8) is 0 Å². The Labute approximate surface area is 126 Å². The minimum absolute atomic E-state index is 0.669. The van der Waals surface area contributed by atoms with Gasteiger partial charge in [-0.2, -0.15) is 0 Å². The number of ether oxygens (including phenoxy) is 1. The van der Waals surface area contributed by atoms with Crippen LogP contribution in [0.25, 0.3) is 10.6 Å². The number of thiophene rings is 1. The van der Waals surface area contributed by atoms with E-state index in [0.29, 0.717) is 13.2 Å². The molecule has 0 saturated heterocycles. The normalized spacial score (nSPS) is 11.1. The van der Waals surface area contributed by atoms with E-state index >= 15 is 0 Å². The van der Waals surface area contributed by atoms with Gasteiger partial charge >= 0.3 is 0 Å². The average Bonchev–Trinajstić information content (AvgIpc) is 2.93. The molecule has 0 aliphatic heterocycles. The van der Waals surface area contributed by atoms with E-state index in [2.05, 4.69) is 42.2 Å². The fourth-order valence-corrected chi connectivity index (χ4v) is 3.48. The summed E-state index contributed by atoms with van der Waals surface area (Å²) in [7, 11) is 1.68. The summed E-state index contributed by atoms with van der Waals surface area (Å²) in [6.07, 6.45) is 1.48. The first-order valence-corrected chi connectivity index (χ1v) is 7.70. The van der Waals surface area contributed by atoms with Gasteiger partial charge in [-0.15, -0.1) is 11.3 Å². The number of rotatable bonds is 6. The maximum absolute atomic E-state index is 5.46. The zero-order chi connectivity index (χ0) is 13.0. The van der Waals surface area contributed by atoms with Crippen LogP contribution < -0.4 is 5.32 Å². The van der Waals surface area contributed by atoms with E-state index in [4.69, 9.17) is 9.15 Å². The van der Waals surface area contributed by atoms with Crippen molar-refractivity contribution in [2.75, 3.05) is 20.3 Å². The Morgan fingerprint density at radius 1 is 1.50 bits per heavy atom. The monoisotopic (exact) mass is 394 g/mol. The van der Waals surface area contributed by atoms with Crippen LogP contribution in [0.15, 0.2) is 25.1 Å². The molecule has 2 aromatic heterocycles. The lowest BCUT2D eigenvalue weighted by Gasteiger charge is -2.02. The van der Waals surface area contributed by atoms with Crippen molar-refractivity contribution in [2.45, 2.75) is 6.54 Å². The van der Waals surface area contributed by atoms with Crippen molar-refractivity contribution in [3.8, 4) is 10.6 Å². The molecule has 0 aliphatic rings. The van der Waals surface area contributed by atoms with E-state index in [-0.39, 0.29) is 0 Å². The highest BCUT2D eigenvalue weighted by molar-refractivity contribution is 9.13. The number of methoxy groups -OCH3 is 1. The van der Waals surface area contributed by atoms with Crippen molar-refractivity contribution in [1.82, 2.24) is 10.3 Å². The minimum Gasteiger partial charge on any atom is -0.442 e. The largest absolute Gasteiger partial charge is 0.442 e. The molecule has 0 radical (unpaired) electrons. The Morgan fingerprint density at radius 2 is 2.33 bits per heavy atom. The zero-order valence-electron chi connectivity index (χ0n) is 9.70. The molecule has 7 heteroatoms. The van der Waals surface area contributed by atoms with Gasteiger partial charge in [-0.3, -0.25) is 0 Å². The third-order valence-corrected chi connectivity index (χ3v) is 5.54. The van der Waals surface area contributed by atoms with Crippen LogP contribution in [0.4, 0.5) is 0 Å². The molecule has 0 bridgehead atoms. The Morgan fingerprint density at radius 3 is 3.00 bits per heavy atom. The fourth-order valence-electron chi connectivity index (χ4n) is 1.44. The van der Waals surface area contributed by atoms with Gasteiger partial charge in [-0.1, -0.05) is 0 Å². The number of nitrogens with one attached hydrogen (secondary N) is 1. The van der Waals surface area contributed by atoms with Crippen LogP contribution in [0.2, 0.25) is 0 Å². The molecule has 18 heavy (non-hydrogen) atoms. The SMILES string of the molecule is COCCNCc1ncoc1-c1cc(Br)c(Br)s1. The highest BCUT2D eigenvalue weighted by atomic mass is 79.9. The Balaban J connectivity index is 2.07. The average molecular weight is 396 g/mol. The highest BCUT2D eigenvalue weighted by Crippen LogP contribution is 2.39. The fraction of sp³-hybridized carbons (Fsp3) is 0.364. The van der Waals surface area contributed by atoms with E-state index in [0.717, 1.165) is 31.1 Å². The summed E-state index contributed by atoms with van der Waals surface area (Å²) in [6.45, 7) is 2.15. The molecule has 0 aromatic carbocycles. The maximum Gasteiger partial charge on any atom is 0.181 e. The molecular formula is C11H12Br2N2O2S. The Hall–Kier alpha value is -0.210. The second kappa shape index (κ2) is 6.81. The maximum atomic E-state index is 5.46. The van der Waals surface area contributed by atoms with Crippen LogP contribution in [0.5, 0.6) is 0 Å². The van der Waals surface area contributed by atoms with Gasteiger partial charge in [0, 0.05) is 24.7 Å². The summed E-state index contributed by atoms with van der Waals surface area (Å²) in [4.78, 5) is 5.29. The minimum atomic E-state index is 0.669. The number of oxazole rings is 1. The number of halogens is 2. The summed E-state index contributed by atoms with van der Waals surface area (Å²) in [5.41, 5.74) is 0.910. The van der Waals surface area contributed by atoms with E-state index in [1.54, 1.807) is 18.4 Å². The van der Waals surface area contributed by atoms with E-state index in [1.165, 1.54) is 6.39 Å². The topological polar surface area (TPSA) is 47.3 Å². The molecule has 4 nitrogen and oxygen atoms in total. The van der Waals surface area contributed by atoms with Gasteiger partial charge in [0.1, 0.15) is 5.69 Å². The number of aromatic nitrogens is 1. The first-order chi connectivity index (χ1) is 8.72. The molecule has 2 aromatic rings. The smallest absolute Gasteiger partial charge is 0.181 e. The molecule has 0 spiro atoms. The van der Waals surface area contributed by atoms with Crippen LogP contribution in [-0.4, -0.2) is 25.2 Å². The molecule has 0 saturated carbocycles. The quantitative estimate of drug-likeness (QED) is 0.758. The van der Waals surface area contributed by atoms with Crippen LogP contribution in [0.1, 0.15) is 5.69 Å². The van der Waals surface area contributed by atoms with Gasteiger partial charge in [-0.25, -0.2) is 4.98 Å². The van der Waals surface area contributed by atoms with Crippen molar-refractivity contribution >= 4 is 43.2 Å². The lowest BCUT2D eigenvalue weighted by molar-refractivity contribution is 0.199. The Kier molecular flexibility index (Phi) is 5.38. The second-order valence-corrected chi connectivity index (χ2v) is 6.75. The molecule has 98 valence electrons. The molecule has 1 N–H and O–H groups in total. The molecule has 0 atom stereocenters. The van der Waals surface area contributed by atoms with Gasteiger partial charge in [0.05, 0.1) is 15.3 Å². The third kappa shape index (κ3) is 3.42. The molecule has 2 heterocycles. The van der Waals surface area contributed by atoms with Gasteiger partial charge in [0.25, 0.3) is 0 Å². The summed E-state index contributed by atoms with van der Waals surface area (Å²) in [5.74, 6) is 0.816. The van der Waals surface area contributed by atoms with Crippen molar-refractivity contribution < 1.29 is 9.15 Å². The summed E-state index contributed by atoms with van der Waals surface area (Å²) >= 11 is 8.56. The van der Waals surface area contributed by atoms with Gasteiger partial charge < -0.3 is 14.5 Å². The first-order valence-electron chi connectivity index (χ1n) is 5.29. The first kappa shape index (κ1) is 14.2. The summed E-state index contributed by atoms with van der Waals surface area (Å²) in [5, 5.41) is 3.25. The number of hydrogen-bond donors (Lipinski definition) is 1. The van der Waals surface area contributed by atoms with Crippen LogP contribution >= 0.6 is 43.2 Å². The molecular weight excluding hydrogens is 384 g/mol. The van der Waals surface area contributed by atoms with Crippen LogP contribution in [0, 0.1) is 0 Å². The zero-order valence-corrected chi connectivity index (χ0v) is 13.7. The molecule has 0 amide bonds. The molecule has 0 aliphatic carbocycles. The van der Waals surface area contributed by atoms with Crippen molar-refractivity contribution in [1.29, 1.82) is 0 Å². The Bertz CT molecular complexity index is 493. The van der Waals surface area contributed by atoms with E-state index in [1.807, 2.05) is 6.07 Å². The number of hydrogen-bond acceptors (Lipinski definition) is 5. The second-order valence-electron chi connectivity index (χ2n) is 3.53. The lowest BCUT2D eigenvalue weighted by Crippen LogP contribution is -2.19. The lowest BCUT2D eigenvalue weighted by atomic mass is 10.3. The molecule has 0 fully saturated rings. The van der Waals surface area contributed by atoms with Crippen molar-refractivity contribution in [2.24, 2.45) is 0 Å².